The summed E-state index contributed by atoms with van der Waals surface area (Å²) in [4.78, 5) is 10.4. The van der Waals surface area contributed by atoms with Crippen molar-refractivity contribution >= 4 is 17.6 Å². The van der Waals surface area contributed by atoms with Crippen molar-refractivity contribution < 1.29 is 15.0 Å². The summed E-state index contributed by atoms with van der Waals surface area (Å²) in [5, 5.41) is 26.6. The molecule has 1 rings (SSSR count). The summed E-state index contributed by atoms with van der Waals surface area (Å²) in [7, 11) is 0. The Balaban J connectivity index is 3.08. The molecule has 0 aliphatic carbocycles. The lowest BCUT2D eigenvalue weighted by Crippen LogP contribution is -2.00. The zero-order chi connectivity index (χ0) is 11.4. The van der Waals surface area contributed by atoms with Crippen LogP contribution in [0.2, 0.25) is 5.02 Å². The number of hydrogen-bond donors (Lipinski definition) is 2. The van der Waals surface area contributed by atoms with E-state index in [1.807, 2.05) is 6.07 Å². The molecule has 0 aliphatic heterocycles. The molecule has 78 valence electrons. The van der Waals surface area contributed by atoms with Gasteiger partial charge in [0.05, 0.1) is 16.7 Å². The second-order valence-electron chi connectivity index (χ2n) is 2.93. The first kappa shape index (κ1) is 11.3. The first-order valence-electron chi connectivity index (χ1n) is 4.18. The van der Waals surface area contributed by atoms with Gasteiger partial charge in [-0.1, -0.05) is 11.6 Å². The minimum atomic E-state index is -0.974. The molecule has 0 heterocycles. The van der Waals surface area contributed by atoms with Crippen LogP contribution in [0.15, 0.2) is 12.1 Å². The maximum Gasteiger partial charge on any atom is 0.303 e. The quantitative estimate of drug-likeness (QED) is 0.824. The van der Waals surface area contributed by atoms with Crippen molar-refractivity contribution in [3.8, 4) is 11.8 Å². The molecule has 0 aliphatic rings. The van der Waals surface area contributed by atoms with E-state index in [0.29, 0.717) is 11.1 Å². The molecule has 15 heavy (non-hydrogen) atoms. The van der Waals surface area contributed by atoms with Crippen LogP contribution in [-0.4, -0.2) is 16.2 Å². The highest BCUT2D eigenvalue weighted by Gasteiger charge is 2.12. The van der Waals surface area contributed by atoms with Gasteiger partial charge >= 0.3 is 5.97 Å². The fourth-order valence-electron chi connectivity index (χ4n) is 1.19. The summed E-state index contributed by atoms with van der Waals surface area (Å²) < 4.78 is 0. The Kier molecular flexibility index (Phi) is 3.53. The Labute approximate surface area is 91.3 Å². The highest BCUT2D eigenvalue weighted by Crippen LogP contribution is 2.30. The first-order valence-corrected chi connectivity index (χ1v) is 4.56. The minimum absolute atomic E-state index is 0.0512. The Morgan fingerprint density at radius 2 is 2.20 bits per heavy atom. The van der Waals surface area contributed by atoms with Gasteiger partial charge in [0.2, 0.25) is 0 Å². The van der Waals surface area contributed by atoms with Crippen molar-refractivity contribution in [3.05, 3.63) is 28.3 Å². The molecular formula is C10H8ClNO3. The maximum atomic E-state index is 10.4. The van der Waals surface area contributed by atoms with Crippen LogP contribution in [0.4, 0.5) is 0 Å². The van der Waals surface area contributed by atoms with Crippen molar-refractivity contribution in [1.29, 1.82) is 5.26 Å². The minimum Gasteiger partial charge on any atom is -0.506 e. The van der Waals surface area contributed by atoms with Gasteiger partial charge in [0.15, 0.2) is 0 Å². The summed E-state index contributed by atoms with van der Waals surface area (Å²) in [6.07, 6.45) is 0.00329. The van der Waals surface area contributed by atoms with E-state index in [9.17, 15) is 9.90 Å². The smallest absolute Gasteiger partial charge is 0.303 e. The average Bonchev–Trinajstić information content (AvgIpc) is 2.20. The molecule has 0 spiro atoms. The van der Waals surface area contributed by atoms with E-state index < -0.39 is 5.97 Å². The number of carboxylic acid groups (broad SMARTS) is 1. The molecule has 0 radical (unpaired) electrons. The third-order valence-electron chi connectivity index (χ3n) is 1.93. The molecule has 2 N–H and O–H groups in total. The topological polar surface area (TPSA) is 81.3 Å². The van der Waals surface area contributed by atoms with Gasteiger partial charge in [-0.05, 0) is 24.1 Å². The van der Waals surface area contributed by atoms with Gasteiger partial charge in [0.1, 0.15) is 5.75 Å². The first-order chi connectivity index (χ1) is 7.06. The van der Waals surface area contributed by atoms with Gasteiger partial charge in [-0.3, -0.25) is 4.79 Å². The largest absolute Gasteiger partial charge is 0.506 e. The number of nitriles is 1. The molecule has 5 heteroatoms. The van der Waals surface area contributed by atoms with E-state index in [-0.39, 0.29) is 23.6 Å². The number of aromatic hydroxyl groups is 1. The van der Waals surface area contributed by atoms with Crippen molar-refractivity contribution in [1.82, 2.24) is 0 Å². The Bertz CT molecular complexity index is 437. The van der Waals surface area contributed by atoms with Crippen LogP contribution in [0.5, 0.6) is 5.75 Å². The number of phenolic OH excluding ortho intramolecular Hbond substituents is 1. The molecule has 1 aromatic rings. The normalized spacial score (nSPS) is 9.60. The van der Waals surface area contributed by atoms with E-state index >= 15 is 0 Å². The van der Waals surface area contributed by atoms with Crippen LogP contribution >= 0.6 is 11.6 Å². The van der Waals surface area contributed by atoms with Crippen LogP contribution < -0.4 is 0 Å². The van der Waals surface area contributed by atoms with E-state index in [1.54, 1.807) is 0 Å². The standard InChI is InChI=1S/C10H8ClNO3/c11-10-7(2-4-9(14)15)6(5-12)1-3-8(10)13/h1,3,13H,2,4H2,(H,14,15). The van der Waals surface area contributed by atoms with Crippen LogP contribution in [0.25, 0.3) is 0 Å². The number of hydrogen-bond acceptors (Lipinski definition) is 3. The second-order valence-corrected chi connectivity index (χ2v) is 3.31. The lowest BCUT2D eigenvalue weighted by atomic mass is 10.0. The van der Waals surface area contributed by atoms with Gasteiger partial charge in [-0.2, -0.15) is 5.26 Å². The van der Waals surface area contributed by atoms with Crippen LogP contribution in [-0.2, 0) is 11.2 Å². The molecular weight excluding hydrogens is 218 g/mol. The Morgan fingerprint density at radius 3 is 2.73 bits per heavy atom. The van der Waals surface area contributed by atoms with Gasteiger partial charge < -0.3 is 10.2 Å². The molecule has 0 unspecified atom stereocenters. The summed E-state index contributed by atoms with van der Waals surface area (Å²) in [6.45, 7) is 0. The molecule has 0 aromatic heterocycles. The van der Waals surface area contributed by atoms with Crippen molar-refractivity contribution in [3.63, 3.8) is 0 Å². The zero-order valence-corrected chi connectivity index (χ0v) is 8.45. The van der Waals surface area contributed by atoms with E-state index in [0.717, 1.165) is 0 Å². The molecule has 0 bridgehead atoms. The number of carbonyl (C=O) groups is 1. The molecule has 0 amide bonds. The van der Waals surface area contributed by atoms with Crippen LogP contribution in [0.3, 0.4) is 0 Å². The zero-order valence-electron chi connectivity index (χ0n) is 7.70. The van der Waals surface area contributed by atoms with Gasteiger partial charge in [0, 0.05) is 6.42 Å². The fourth-order valence-corrected chi connectivity index (χ4v) is 1.45. The fraction of sp³-hybridized carbons (Fsp3) is 0.200. The lowest BCUT2D eigenvalue weighted by molar-refractivity contribution is -0.136. The number of nitrogens with zero attached hydrogens (tertiary/aromatic N) is 1. The Hall–Kier alpha value is -1.73. The average molecular weight is 226 g/mol. The Morgan fingerprint density at radius 1 is 1.53 bits per heavy atom. The number of halogens is 1. The predicted molar refractivity (Wildman–Crippen MR) is 53.8 cm³/mol. The summed E-state index contributed by atoms with van der Waals surface area (Å²) in [5.74, 6) is -1.12. The molecule has 0 saturated heterocycles. The highest BCUT2D eigenvalue weighted by molar-refractivity contribution is 6.33. The number of phenols is 1. The maximum absolute atomic E-state index is 10.4. The number of aliphatic carboxylic acids is 1. The van der Waals surface area contributed by atoms with Crippen LogP contribution in [0.1, 0.15) is 17.5 Å². The van der Waals surface area contributed by atoms with E-state index in [2.05, 4.69) is 0 Å². The summed E-state index contributed by atoms with van der Waals surface area (Å²) in [5.41, 5.74) is 0.667. The van der Waals surface area contributed by atoms with Gasteiger partial charge in [0.25, 0.3) is 0 Å². The molecule has 0 atom stereocenters. The number of rotatable bonds is 3. The monoisotopic (exact) mass is 225 g/mol. The second kappa shape index (κ2) is 4.67. The van der Waals surface area contributed by atoms with Gasteiger partial charge in [-0.15, -0.1) is 0 Å². The molecule has 1 aromatic carbocycles. The van der Waals surface area contributed by atoms with Crippen molar-refractivity contribution in [2.45, 2.75) is 12.8 Å². The SMILES string of the molecule is N#Cc1ccc(O)c(Cl)c1CCC(=O)O. The third kappa shape index (κ3) is 2.61. The summed E-state index contributed by atoms with van der Waals surface area (Å²) in [6, 6.07) is 4.62. The van der Waals surface area contributed by atoms with Crippen molar-refractivity contribution in [2.75, 3.05) is 0 Å². The lowest BCUT2D eigenvalue weighted by Gasteiger charge is -2.06. The molecule has 0 saturated carbocycles. The number of carboxylic acids is 1. The van der Waals surface area contributed by atoms with Gasteiger partial charge in [-0.25, -0.2) is 0 Å². The molecule has 0 fully saturated rings. The molecule has 4 nitrogen and oxygen atoms in total. The van der Waals surface area contributed by atoms with Crippen LogP contribution in [0, 0.1) is 11.3 Å². The predicted octanol–water partition coefficient (Wildman–Crippen LogP) is 1.93. The summed E-state index contributed by atoms with van der Waals surface area (Å²) >= 11 is 5.77. The van der Waals surface area contributed by atoms with E-state index in [4.69, 9.17) is 22.0 Å². The number of benzene rings is 1. The third-order valence-corrected chi connectivity index (χ3v) is 2.35. The highest BCUT2D eigenvalue weighted by atomic mass is 35.5. The van der Waals surface area contributed by atoms with Crippen molar-refractivity contribution in [2.24, 2.45) is 0 Å². The van der Waals surface area contributed by atoms with E-state index in [1.165, 1.54) is 12.1 Å².